The molecule has 1 aliphatic carbocycles. The van der Waals surface area contributed by atoms with Gasteiger partial charge in [-0.05, 0) is 19.3 Å². The molecule has 10 heavy (non-hydrogen) atoms. The van der Waals surface area contributed by atoms with Crippen LogP contribution in [0.5, 0.6) is 0 Å². The van der Waals surface area contributed by atoms with Gasteiger partial charge in [-0.15, -0.1) is 0 Å². The quantitative estimate of drug-likeness (QED) is 0.606. The highest BCUT2D eigenvalue weighted by atomic mass is 16.4. The zero-order chi connectivity index (χ0) is 7.56. The van der Waals surface area contributed by atoms with E-state index < -0.39 is 5.97 Å². The molecule has 0 radical (unpaired) electrons. The Morgan fingerprint density at radius 1 is 1.80 bits per heavy atom. The molecular weight excluding hydrogens is 130 g/mol. The van der Waals surface area contributed by atoms with Crippen LogP contribution in [0.1, 0.15) is 26.2 Å². The van der Waals surface area contributed by atoms with Gasteiger partial charge in [-0.1, -0.05) is 6.92 Å². The third-order valence-electron chi connectivity index (χ3n) is 1.72. The molecule has 0 saturated heterocycles. The number of carboxylic acids is 1. The maximum Gasteiger partial charge on any atom is 0.320 e. The summed E-state index contributed by atoms with van der Waals surface area (Å²) in [4.78, 5) is 10.4. The van der Waals surface area contributed by atoms with Crippen LogP contribution in [0.2, 0.25) is 0 Å². The fourth-order valence-electron chi connectivity index (χ4n) is 0.898. The fourth-order valence-corrected chi connectivity index (χ4v) is 0.898. The second-order valence-electron chi connectivity index (χ2n) is 2.74. The summed E-state index contributed by atoms with van der Waals surface area (Å²) in [6, 6.07) is 0.161. The van der Waals surface area contributed by atoms with Crippen molar-refractivity contribution in [2.75, 3.05) is 0 Å². The van der Waals surface area contributed by atoms with Gasteiger partial charge in [-0.3, -0.25) is 4.79 Å². The van der Waals surface area contributed by atoms with Crippen LogP contribution in [0.4, 0.5) is 0 Å². The van der Waals surface area contributed by atoms with Crippen molar-refractivity contribution >= 4 is 5.97 Å². The van der Waals surface area contributed by atoms with Gasteiger partial charge in [-0.2, -0.15) is 0 Å². The normalized spacial score (nSPS) is 20.5. The van der Waals surface area contributed by atoms with E-state index in [1.165, 1.54) is 0 Å². The van der Waals surface area contributed by atoms with Gasteiger partial charge in [0.1, 0.15) is 6.04 Å². The molecule has 2 N–H and O–H groups in total. The van der Waals surface area contributed by atoms with E-state index >= 15 is 0 Å². The first-order valence-electron chi connectivity index (χ1n) is 3.73. The average Bonchev–Trinajstić information content (AvgIpc) is 2.64. The molecular formula is C7H13NO2. The van der Waals surface area contributed by atoms with E-state index in [0.29, 0.717) is 12.5 Å². The molecule has 1 unspecified atom stereocenters. The van der Waals surface area contributed by atoms with E-state index in [1.807, 2.05) is 6.92 Å². The molecule has 1 aliphatic rings. The zero-order valence-electron chi connectivity index (χ0n) is 6.13. The van der Waals surface area contributed by atoms with Crippen molar-refractivity contribution in [3.8, 4) is 0 Å². The molecule has 58 valence electrons. The Morgan fingerprint density at radius 3 is 2.70 bits per heavy atom. The standard InChI is InChI=1S/C7H13NO2/c1-2-6(7(9)10)8-5-3-4-5/h5-6,8H,2-4H2,1H3,(H,9,10). The molecule has 0 amide bonds. The molecule has 0 aromatic carbocycles. The van der Waals surface area contributed by atoms with Crippen molar-refractivity contribution in [3.05, 3.63) is 0 Å². The third kappa shape index (κ3) is 1.99. The Hall–Kier alpha value is -0.570. The van der Waals surface area contributed by atoms with E-state index in [-0.39, 0.29) is 6.04 Å². The minimum atomic E-state index is -0.727. The fraction of sp³-hybridized carbons (Fsp3) is 0.857. The van der Waals surface area contributed by atoms with Gasteiger partial charge in [0.2, 0.25) is 0 Å². The number of aliphatic carboxylic acids is 1. The zero-order valence-corrected chi connectivity index (χ0v) is 6.13. The molecule has 0 aromatic heterocycles. The van der Waals surface area contributed by atoms with Gasteiger partial charge >= 0.3 is 5.97 Å². The summed E-state index contributed by atoms with van der Waals surface area (Å²) >= 11 is 0. The highest BCUT2D eigenvalue weighted by molar-refractivity contribution is 5.73. The van der Waals surface area contributed by atoms with E-state index in [0.717, 1.165) is 12.8 Å². The molecule has 0 aliphatic heterocycles. The number of hydrogen-bond donors (Lipinski definition) is 2. The summed E-state index contributed by atoms with van der Waals surface area (Å²) in [5.74, 6) is -0.727. The van der Waals surface area contributed by atoms with Crippen molar-refractivity contribution in [2.24, 2.45) is 0 Å². The lowest BCUT2D eigenvalue weighted by atomic mass is 10.2. The predicted octanol–water partition coefficient (Wildman–Crippen LogP) is 0.602. The highest BCUT2D eigenvalue weighted by Gasteiger charge is 2.26. The smallest absolute Gasteiger partial charge is 0.320 e. The Kier molecular flexibility index (Phi) is 2.27. The molecule has 0 aromatic rings. The molecule has 3 nitrogen and oxygen atoms in total. The van der Waals surface area contributed by atoms with Crippen LogP contribution in [0.25, 0.3) is 0 Å². The van der Waals surface area contributed by atoms with Crippen LogP contribution in [0, 0.1) is 0 Å². The highest BCUT2D eigenvalue weighted by Crippen LogP contribution is 2.19. The summed E-state index contributed by atoms with van der Waals surface area (Å²) in [5, 5.41) is 11.6. The molecule has 3 heteroatoms. The van der Waals surface area contributed by atoms with Gasteiger partial charge in [0.25, 0.3) is 0 Å². The second kappa shape index (κ2) is 3.01. The third-order valence-corrected chi connectivity index (χ3v) is 1.72. The summed E-state index contributed by atoms with van der Waals surface area (Å²) in [6.45, 7) is 1.88. The van der Waals surface area contributed by atoms with E-state index in [9.17, 15) is 4.79 Å². The molecule has 0 spiro atoms. The van der Waals surface area contributed by atoms with E-state index in [1.54, 1.807) is 0 Å². The molecule has 1 fully saturated rings. The first-order valence-corrected chi connectivity index (χ1v) is 3.73. The largest absolute Gasteiger partial charge is 0.480 e. The lowest BCUT2D eigenvalue weighted by Gasteiger charge is -2.09. The van der Waals surface area contributed by atoms with Gasteiger partial charge < -0.3 is 10.4 Å². The van der Waals surface area contributed by atoms with Crippen LogP contribution in [-0.2, 0) is 4.79 Å². The second-order valence-corrected chi connectivity index (χ2v) is 2.74. The first-order chi connectivity index (χ1) is 4.74. The maximum absolute atomic E-state index is 10.4. The molecule has 1 saturated carbocycles. The SMILES string of the molecule is CCC(NC1CC1)C(=O)O. The number of carboxylic acid groups (broad SMARTS) is 1. The van der Waals surface area contributed by atoms with Gasteiger partial charge in [-0.25, -0.2) is 0 Å². The number of hydrogen-bond acceptors (Lipinski definition) is 2. The van der Waals surface area contributed by atoms with Crippen LogP contribution in [-0.4, -0.2) is 23.2 Å². The Morgan fingerprint density at radius 2 is 2.40 bits per heavy atom. The molecule has 1 rings (SSSR count). The van der Waals surface area contributed by atoms with Crippen LogP contribution in [0.15, 0.2) is 0 Å². The molecule has 0 bridgehead atoms. The average molecular weight is 143 g/mol. The minimum Gasteiger partial charge on any atom is -0.480 e. The van der Waals surface area contributed by atoms with Crippen LogP contribution < -0.4 is 5.32 Å². The van der Waals surface area contributed by atoms with Crippen molar-refractivity contribution in [3.63, 3.8) is 0 Å². The summed E-state index contributed by atoms with van der Waals surface area (Å²) in [6.07, 6.45) is 2.96. The minimum absolute atomic E-state index is 0.326. The Balaban J connectivity index is 2.24. The Labute approximate surface area is 60.4 Å². The van der Waals surface area contributed by atoms with Crippen molar-refractivity contribution in [1.29, 1.82) is 0 Å². The first kappa shape index (κ1) is 7.54. The topological polar surface area (TPSA) is 49.3 Å². The van der Waals surface area contributed by atoms with E-state index in [2.05, 4.69) is 5.32 Å². The van der Waals surface area contributed by atoms with Crippen molar-refractivity contribution < 1.29 is 9.90 Å². The Bertz CT molecular complexity index is 132. The predicted molar refractivity (Wildman–Crippen MR) is 37.9 cm³/mol. The summed E-state index contributed by atoms with van der Waals surface area (Å²) < 4.78 is 0. The summed E-state index contributed by atoms with van der Waals surface area (Å²) in [7, 11) is 0. The van der Waals surface area contributed by atoms with Crippen LogP contribution in [0.3, 0.4) is 0 Å². The lowest BCUT2D eigenvalue weighted by molar-refractivity contribution is -0.139. The monoisotopic (exact) mass is 143 g/mol. The molecule has 1 atom stereocenters. The number of carbonyl (C=O) groups is 1. The molecule has 0 heterocycles. The lowest BCUT2D eigenvalue weighted by Crippen LogP contribution is -2.37. The van der Waals surface area contributed by atoms with Crippen molar-refractivity contribution in [2.45, 2.75) is 38.3 Å². The number of nitrogens with one attached hydrogen (secondary N) is 1. The van der Waals surface area contributed by atoms with Crippen LogP contribution >= 0.6 is 0 Å². The summed E-state index contributed by atoms with van der Waals surface area (Å²) in [5.41, 5.74) is 0. The maximum atomic E-state index is 10.4. The van der Waals surface area contributed by atoms with Crippen molar-refractivity contribution in [1.82, 2.24) is 5.32 Å². The number of rotatable bonds is 4. The van der Waals surface area contributed by atoms with Gasteiger partial charge in [0.05, 0.1) is 0 Å². The van der Waals surface area contributed by atoms with E-state index in [4.69, 9.17) is 5.11 Å². The van der Waals surface area contributed by atoms with Gasteiger partial charge in [0.15, 0.2) is 0 Å². The van der Waals surface area contributed by atoms with Gasteiger partial charge in [0, 0.05) is 6.04 Å².